The van der Waals surface area contributed by atoms with Gasteiger partial charge in [-0.25, -0.2) is 0 Å². The molecule has 0 aliphatic heterocycles. The Morgan fingerprint density at radius 1 is 1.62 bits per heavy atom. The van der Waals surface area contributed by atoms with E-state index in [9.17, 15) is 9.90 Å². The van der Waals surface area contributed by atoms with Gasteiger partial charge in [0.05, 0.1) is 17.2 Å². The van der Waals surface area contributed by atoms with Crippen molar-refractivity contribution >= 4 is 5.91 Å². The van der Waals surface area contributed by atoms with Crippen molar-refractivity contribution in [2.24, 2.45) is 5.73 Å². The zero-order valence-corrected chi connectivity index (χ0v) is 8.42. The zero-order valence-electron chi connectivity index (χ0n) is 8.42. The Bertz CT molecular complexity index is 220. The molecule has 0 heterocycles. The lowest BCUT2D eigenvalue weighted by Crippen LogP contribution is -2.56. The van der Waals surface area contributed by atoms with Crippen molar-refractivity contribution in [2.75, 3.05) is 0 Å². The lowest BCUT2D eigenvalue weighted by molar-refractivity contribution is -0.126. The maximum absolute atomic E-state index is 11.5. The predicted molar refractivity (Wildman–Crippen MR) is 50.1 cm³/mol. The van der Waals surface area contributed by atoms with Crippen LogP contribution in [0.4, 0.5) is 0 Å². The number of nitrogens with one attached hydrogen (secondary N) is 1. The van der Waals surface area contributed by atoms with Crippen molar-refractivity contribution in [1.82, 2.24) is 5.32 Å². The second-order valence-electron chi connectivity index (χ2n) is 4.51. The summed E-state index contributed by atoms with van der Waals surface area (Å²) in [5, 5.41) is 12.1. The quantitative estimate of drug-likeness (QED) is 0.569. The Balaban J connectivity index is 2.53. The van der Waals surface area contributed by atoms with E-state index in [1.165, 1.54) is 0 Å². The van der Waals surface area contributed by atoms with E-state index in [1.54, 1.807) is 20.8 Å². The summed E-state index contributed by atoms with van der Waals surface area (Å²) in [4.78, 5) is 11.5. The molecule has 0 radical (unpaired) electrons. The van der Waals surface area contributed by atoms with Gasteiger partial charge in [0.15, 0.2) is 0 Å². The fourth-order valence-corrected chi connectivity index (χ4v) is 0.883. The lowest BCUT2D eigenvalue weighted by Gasteiger charge is -2.30. The molecule has 0 spiro atoms. The first-order valence-corrected chi connectivity index (χ1v) is 4.57. The first-order valence-electron chi connectivity index (χ1n) is 4.57. The van der Waals surface area contributed by atoms with Gasteiger partial charge in [0, 0.05) is 0 Å². The monoisotopic (exact) mass is 186 g/mol. The van der Waals surface area contributed by atoms with Crippen molar-refractivity contribution in [2.45, 2.75) is 50.8 Å². The molecule has 76 valence electrons. The molecule has 0 aromatic rings. The summed E-state index contributed by atoms with van der Waals surface area (Å²) in [6.45, 7) is 5.21. The highest BCUT2D eigenvalue weighted by molar-refractivity contribution is 5.89. The normalized spacial score (nSPS) is 22.2. The van der Waals surface area contributed by atoms with Gasteiger partial charge in [-0.2, -0.15) is 0 Å². The highest BCUT2D eigenvalue weighted by atomic mass is 16.3. The average molecular weight is 186 g/mol. The van der Waals surface area contributed by atoms with E-state index >= 15 is 0 Å². The van der Waals surface area contributed by atoms with Crippen LogP contribution in [0.25, 0.3) is 0 Å². The fraction of sp³-hybridized carbons (Fsp3) is 0.889. The predicted octanol–water partition coefficient (Wildman–Crippen LogP) is -0.247. The zero-order chi connectivity index (χ0) is 10.3. The van der Waals surface area contributed by atoms with Crippen molar-refractivity contribution < 1.29 is 9.90 Å². The minimum Gasteiger partial charge on any atom is -0.391 e. The summed E-state index contributed by atoms with van der Waals surface area (Å²) < 4.78 is 0. The van der Waals surface area contributed by atoms with Gasteiger partial charge < -0.3 is 16.2 Å². The van der Waals surface area contributed by atoms with Crippen LogP contribution in [0.1, 0.15) is 33.6 Å². The highest BCUT2D eigenvalue weighted by Gasteiger charge is 2.47. The van der Waals surface area contributed by atoms with Gasteiger partial charge in [-0.15, -0.1) is 0 Å². The van der Waals surface area contributed by atoms with Gasteiger partial charge in [0.1, 0.15) is 0 Å². The molecule has 0 aromatic carbocycles. The van der Waals surface area contributed by atoms with Crippen LogP contribution < -0.4 is 11.1 Å². The van der Waals surface area contributed by atoms with Gasteiger partial charge in [0.2, 0.25) is 5.91 Å². The van der Waals surface area contributed by atoms with Crippen LogP contribution in [0.5, 0.6) is 0 Å². The standard InChI is InChI=1S/C9H18N2O2/c1-6(12)8(2,3)11-7(13)9(10)4-5-9/h6,12H,4-5,10H2,1-3H3,(H,11,13). The molecular formula is C9H18N2O2. The third kappa shape index (κ3) is 2.19. The van der Waals surface area contributed by atoms with E-state index < -0.39 is 17.2 Å². The molecule has 13 heavy (non-hydrogen) atoms. The largest absolute Gasteiger partial charge is 0.391 e. The van der Waals surface area contributed by atoms with E-state index in [0.717, 1.165) is 12.8 Å². The minimum absolute atomic E-state index is 0.154. The molecule has 1 atom stereocenters. The van der Waals surface area contributed by atoms with E-state index in [0.29, 0.717) is 0 Å². The third-order valence-corrected chi connectivity index (χ3v) is 2.72. The molecule has 1 aliphatic rings. The number of carbonyl (C=O) groups excluding carboxylic acids is 1. The summed E-state index contributed by atoms with van der Waals surface area (Å²) in [5.74, 6) is -0.154. The topological polar surface area (TPSA) is 75.3 Å². The smallest absolute Gasteiger partial charge is 0.240 e. The Morgan fingerprint density at radius 2 is 2.08 bits per heavy atom. The van der Waals surface area contributed by atoms with Crippen LogP contribution in [0, 0.1) is 0 Å². The maximum Gasteiger partial charge on any atom is 0.240 e. The SMILES string of the molecule is CC(O)C(C)(C)NC(=O)C1(N)CC1. The minimum atomic E-state index is -0.661. The maximum atomic E-state index is 11.5. The molecule has 1 fully saturated rings. The Labute approximate surface area is 78.5 Å². The number of nitrogens with two attached hydrogens (primary N) is 1. The summed E-state index contributed by atoms with van der Waals surface area (Å²) in [5.41, 5.74) is 4.44. The number of amides is 1. The van der Waals surface area contributed by atoms with Crippen molar-refractivity contribution in [3.05, 3.63) is 0 Å². The Morgan fingerprint density at radius 3 is 2.38 bits per heavy atom. The molecule has 1 rings (SSSR count). The van der Waals surface area contributed by atoms with Crippen LogP contribution in [0.3, 0.4) is 0 Å². The number of carbonyl (C=O) groups is 1. The summed E-state index contributed by atoms with van der Waals surface area (Å²) in [7, 11) is 0. The third-order valence-electron chi connectivity index (χ3n) is 2.72. The summed E-state index contributed by atoms with van der Waals surface area (Å²) >= 11 is 0. The average Bonchev–Trinajstić information content (AvgIpc) is 2.68. The molecule has 1 aliphatic carbocycles. The van der Waals surface area contributed by atoms with Crippen molar-refractivity contribution in [3.8, 4) is 0 Å². The van der Waals surface area contributed by atoms with Gasteiger partial charge >= 0.3 is 0 Å². The molecule has 1 unspecified atom stereocenters. The van der Waals surface area contributed by atoms with E-state index in [1.807, 2.05) is 0 Å². The lowest BCUT2D eigenvalue weighted by atomic mass is 9.98. The number of aliphatic hydroxyl groups excluding tert-OH is 1. The van der Waals surface area contributed by atoms with Gasteiger partial charge in [-0.05, 0) is 33.6 Å². The van der Waals surface area contributed by atoms with Gasteiger partial charge in [-0.3, -0.25) is 4.79 Å². The number of hydrogen-bond donors (Lipinski definition) is 3. The van der Waals surface area contributed by atoms with E-state index in [4.69, 9.17) is 5.73 Å². The van der Waals surface area contributed by atoms with Crippen molar-refractivity contribution in [3.63, 3.8) is 0 Å². The summed E-state index contributed by atoms with van der Waals surface area (Å²) in [6, 6.07) is 0. The molecule has 4 heteroatoms. The van der Waals surface area contributed by atoms with Crippen LogP contribution in [0.2, 0.25) is 0 Å². The molecule has 0 aromatic heterocycles. The fourth-order valence-electron chi connectivity index (χ4n) is 0.883. The van der Waals surface area contributed by atoms with Crippen LogP contribution in [-0.4, -0.2) is 28.2 Å². The molecule has 0 bridgehead atoms. The second-order valence-corrected chi connectivity index (χ2v) is 4.51. The second kappa shape index (κ2) is 2.96. The first kappa shape index (κ1) is 10.5. The molecule has 0 saturated heterocycles. The Kier molecular flexibility index (Phi) is 2.38. The van der Waals surface area contributed by atoms with Gasteiger partial charge in [-0.1, -0.05) is 0 Å². The Hall–Kier alpha value is -0.610. The van der Waals surface area contributed by atoms with E-state index in [2.05, 4.69) is 5.32 Å². The molecule has 4 N–H and O–H groups in total. The highest BCUT2D eigenvalue weighted by Crippen LogP contribution is 2.32. The first-order chi connectivity index (χ1) is 5.78. The molecule has 1 saturated carbocycles. The molecular weight excluding hydrogens is 168 g/mol. The number of aliphatic hydroxyl groups is 1. The van der Waals surface area contributed by atoms with Crippen LogP contribution in [-0.2, 0) is 4.79 Å². The molecule has 4 nitrogen and oxygen atoms in total. The van der Waals surface area contributed by atoms with E-state index in [-0.39, 0.29) is 5.91 Å². The van der Waals surface area contributed by atoms with Crippen LogP contribution in [0.15, 0.2) is 0 Å². The van der Waals surface area contributed by atoms with Crippen molar-refractivity contribution in [1.29, 1.82) is 0 Å². The number of hydrogen-bond acceptors (Lipinski definition) is 3. The summed E-state index contributed by atoms with van der Waals surface area (Å²) in [6.07, 6.45) is 0.905. The number of rotatable bonds is 3. The van der Waals surface area contributed by atoms with Gasteiger partial charge in [0.25, 0.3) is 0 Å². The molecule has 1 amide bonds. The van der Waals surface area contributed by atoms with Crippen LogP contribution >= 0.6 is 0 Å².